The Hall–Kier alpha value is -7.43. The first-order valence-corrected chi connectivity index (χ1v) is 21.1. The van der Waals surface area contributed by atoms with Gasteiger partial charge in [-0.05, 0) is 91.5 Å². The molecule has 0 amide bonds. The lowest BCUT2D eigenvalue weighted by atomic mass is 9.82. The van der Waals surface area contributed by atoms with E-state index in [-0.39, 0.29) is 10.8 Å². The highest BCUT2D eigenvalue weighted by Gasteiger charge is 2.37. The molecule has 2 heterocycles. The number of furan rings is 1. The van der Waals surface area contributed by atoms with E-state index in [0.29, 0.717) is 17.5 Å². The molecule has 0 radical (unpaired) electrons. The molecule has 61 heavy (non-hydrogen) atoms. The quantitative estimate of drug-likeness (QED) is 0.174. The summed E-state index contributed by atoms with van der Waals surface area (Å²) in [6, 6.07) is 62.9. The molecule has 0 N–H and O–H groups in total. The summed E-state index contributed by atoms with van der Waals surface area (Å²) >= 11 is 0. The molecule has 0 bridgehead atoms. The third kappa shape index (κ3) is 5.35. The van der Waals surface area contributed by atoms with Crippen LogP contribution in [0.2, 0.25) is 0 Å². The number of hydrogen-bond donors (Lipinski definition) is 0. The minimum absolute atomic E-state index is 0.0779. The van der Waals surface area contributed by atoms with Gasteiger partial charge in [0, 0.05) is 43.9 Å². The first-order valence-electron chi connectivity index (χ1n) is 21.1. The van der Waals surface area contributed by atoms with Crippen molar-refractivity contribution in [3.63, 3.8) is 0 Å². The number of hydrogen-bond acceptors (Lipinski definition) is 4. The molecule has 0 fully saturated rings. The van der Waals surface area contributed by atoms with Crippen LogP contribution in [0.15, 0.2) is 180 Å². The second-order valence-corrected chi connectivity index (χ2v) is 17.6. The molecule has 12 rings (SSSR count). The predicted octanol–water partition coefficient (Wildman–Crippen LogP) is 14.7. The van der Waals surface area contributed by atoms with Crippen molar-refractivity contribution in [1.29, 1.82) is 0 Å². The molecule has 2 aromatic heterocycles. The van der Waals surface area contributed by atoms with Gasteiger partial charge in [-0.1, -0.05) is 173 Å². The third-order valence-corrected chi connectivity index (χ3v) is 13.3. The lowest BCUT2D eigenvalue weighted by Crippen LogP contribution is -2.14. The molecular formula is C57H41N3O. The average molecular weight is 784 g/mol. The van der Waals surface area contributed by atoms with E-state index in [1.54, 1.807) is 0 Å². The Morgan fingerprint density at radius 3 is 1.43 bits per heavy atom. The topological polar surface area (TPSA) is 51.8 Å². The van der Waals surface area contributed by atoms with Crippen LogP contribution in [0, 0.1) is 0 Å². The predicted molar refractivity (Wildman–Crippen MR) is 249 cm³/mol. The van der Waals surface area contributed by atoms with Crippen LogP contribution in [-0.2, 0) is 10.8 Å². The van der Waals surface area contributed by atoms with E-state index >= 15 is 0 Å². The number of nitrogens with zero attached hydrogens (tertiary/aromatic N) is 3. The lowest BCUT2D eigenvalue weighted by molar-refractivity contribution is 0.660. The minimum Gasteiger partial charge on any atom is -0.455 e. The monoisotopic (exact) mass is 783 g/mol. The second-order valence-electron chi connectivity index (χ2n) is 17.6. The highest BCUT2D eigenvalue weighted by molar-refractivity contribution is 6.16. The Bertz CT molecular complexity index is 3360. The van der Waals surface area contributed by atoms with Crippen molar-refractivity contribution >= 4 is 21.9 Å². The smallest absolute Gasteiger partial charge is 0.164 e. The van der Waals surface area contributed by atoms with E-state index in [0.717, 1.165) is 60.9 Å². The van der Waals surface area contributed by atoms with E-state index in [9.17, 15) is 0 Å². The first-order chi connectivity index (χ1) is 29.7. The van der Waals surface area contributed by atoms with Crippen molar-refractivity contribution in [2.45, 2.75) is 38.5 Å². The van der Waals surface area contributed by atoms with Gasteiger partial charge >= 0.3 is 0 Å². The van der Waals surface area contributed by atoms with Gasteiger partial charge in [0.15, 0.2) is 17.5 Å². The zero-order valence-electron chi connectivity index (χ0n) is 34.5. The van der Waals surface area contributed by atoms with Gasteiger partial charge in [0.05, 0.1) is 0 Å². The Morgan fingerprint density at radius 1 is 0.344 bits per heavy atom. The van der Waals surface area contributed by atoms with E-state index in [1.165, 1.54) is 44.5 Å². The van der Waals surface area contributed by atoms with Crippen LogP contribution in [0.3, 0.4) is 0 Å². The number of rotatable bonds is 5. The van der Waals surface area contributed by atoms with Gasteiger partial charge in [-0.2, -0.15) is 0 Å². The fraction of sp³-hybridized carbons (Fsp3) is 0.105. The largest absolute Gasteiger partial charge is 0.455 e. The molecule has 2 aliphatic carbocycles. The molecule has 4 nitrogen and oxygen atoms in total. The SMILES string of the molecule is CC1(C)c2ccccc2-c2cc(-c3cc(-c4ccc5c(c4)-c4ccccc4C5(C)C)c4oc5cccc(-c6nc(-c7ccccc7)nc(-c7ccccc7)n6)c5c4c3)ccc21. The third-order valence-electron chi connectivity index (χ3n) is 13.3. The summed E-state index contributed by atoms with van der Waals surface area (Å²) in [5.74, 6) is 1.84. The Kier molecular flexibility index (Phi) is 7.59. The second kappa shape index (κ2) is 13.0. The molecular weight excluding hydrogens is 743 g/mol. The molecule has 290 valence electrons. The molecule has 0 aliphatic heterocycles. The first kappa shape index (κ1) is 35.5. The van der Waals surface area contributed by atoms with E-state index in [2.05, 4.69) is 137 Å². The summed E-state index contributed by atoms with van der Waals surface area (Å²) in [6.07, 6.45) is 0. The van der Waals surface area contributed by atoms with Crippen LogP contribution in [0.4, 0.5) is 0 Å². The van der Waals surface area contributed by atoms with E-state index in [4.69, 9.17) is 19.4 Å². The normalized spacial score (nSPS) is 14.2. The molecule has 10 aromatic rings. The van der Waals surface area contributed by atoms with Crippen LogP contribution >= 0.6 is 0 Å². The molecule has 0 saturated carbocycles. The summed E-state index contributed by atoms with van der Waals surface area (Å²) in [5.41, 5.74) is 19.2. The zero-order chi connectivity index (χ0) is 41.0. The highest BCUT2D eigenvalue weighted by atomic mass is 16.3. The zero-order valence-corrected chi connectivity index (χ0v) is 34.5. The maximum Gasteiger partial charge on any atom is 0.164 e. The van der Waals surface area contributed by atoms with Gasteiger partial charge in [0.1, 0.15) is 11.2 Å². The summed E-state index contributed by atoms with van der Waals surface area (Å²) in [4.78, 5) is 15.4. The van der Waals surface area contributed by atoms with Gasteiger partial charge in [-0.15, -0.1) is 0 Å². The van der Waals surface area contributed by atoms with Crippen LogP contribution in [0.1, 0.15) is 49.9 Å². The van der Waals surface area contributed by atoms with Gasteiger partial charge in [-0.25, -0.2) is 15.0 Å². The van der Waals surface area contributed by atoms with Gasteiger partial charge in [0.2, 0.25) is 0 Å². The summed E-state index contributed by atoms with van der Waals surface area (Å²) in [7, 11) is 0. The minimum atomic E-state index is -0.0911. The Morgan fingerprint density at radius 2 is 0.820 bits per heavy atom. The van der Waals surface area contributed by atoms with Crippen LogP contribution in [-0.4, -0.2) is 15.0 Å². The van der Waals surface area contributed by atoms with E-state index in [1.807, 2.05) is 66.7 Å². The number of aromatic nitrogens is 3. The maximum absolute atomic E-state index is 7.03. The van der Waals surface area contributed by atoms with E-state index < -0.39 is 0 Å². The van der Waals surface area contributed by atoms with Crippen molar-refractivity contribution in [2.75, 3.05) is 0 Å². The molecule has 0 spiro atoms. The van der Waals surface area contributed by atoms with Gasteiger partial charge < -0.3 is 4.42 Å². The molecule has 0 saturated heterocycles. The fourth-order valence-corrected chi connectivity index (χ4v) is 10.2. The summed E-state index contributed by atoms with van der Waals surface area (Å²) in [5, 5.41) is 1.99. The number of fused-ring (bicyclic) bond motifs is 9. The average Bonchev–Trinajstić information content (AvgIpc) is 3.88. The van der Waals surface area contributed by atoms with Crippen LogP contribution in [0.25, 0.3) is 101 Å². The highest BCUT2D eigenvalue weighted by Crippen LogP contribution is 2.52. The van der Waals surface area contributed by atoms with Crippen molar-refractivity contribution in [3.05, 3.63) is 198 Å². The Labute approximate surface area is 355 Å². The number of benzene rings is 8. The van der Waals surface area contributed by atoms with Crippen LogP contribution in [0.5, 0.6) is 0 Å². The molecule has 0 unspecified atom stereocenters. The Balaban J connectivity index is 1.13. The fourth-order valence-electron chi connectivity index (χ4n) is 10.2. The molecule has 0 atom stereocenters. The molecule has 4 heteroatoms. The van der Waals surface area contributed by atoms with Gasteiger partial charge in [-0.3, -0.25) is 0 Å². The molecule has 8 aromatic carbocycles. The summed E-state index contributed by atoms with van der Waals surface area (Å²) < 4.78 is 7.03. The lowest BCUT2D eigenvalue weighted by Gasteiger charge is -2.21. The van der Waals surface area contributed by atoms with Gasteiger partial charge in [0.25, 0.3) is 0 Å². The summed E-state index contributed by atoms with van der Waals surface area (Å²) in [6.45, 7) is 9.33. The standard InChI is InChI=1S/C57H41N3O/c1-56(2)46-23-13-11-20-39(46)43-30-36(26-28-48(43)56)38-32-42(37-27-29-49-44(31-37)40-21-12-14-24-47(40)57(49,3)4)52-45(33-38)51-41(22-15-25-50(51)61-52)55-59-53(34-16-7-5-8-17-34)58-54(60-55)35-18-9-6-10-19-35/h5-33H,1-4H3. The van der Waals surface area contributed by atoms with Crippen LogP contribution < -0.4 is 0 Å². The van der Waals surface area contributed by atoms with Crippen molar-refractivity contribution in [2.24, 2.45) is 0 Å². The van der Waals surface area contributed by atoms with Crippen molar-refractivity contribution in [3.8, 4) is 78.7 Å². The maximum atomic E-state index is 7.03. The van der Waals surface area contributed by atoms with Crippen molar-refractivity contribution < 1.29 is 4.42 Å². The van der Waals surface area contributed by atoms with Crippen molar-refractivity contribution in [1.82, 2.24) is 15.0 Å². The molecule has 2 aliphatic rings.